The summed E-state index contributed by atoms with van der Waals surface area (Å²) in [7, 11) is 0. The monoisotopic (exact) mass is 303 g/mol. The normalized spacial score (nSPS) is 17.2. The Morgan fingerprint density at radius 2 is 2.12 bits per heavy atom. The molecule has 0 aliphatic carbocycles. The third-order valence-electron chi connectivity index (χ3n) is 3.22. The molecule has 0 unspecified atom stereocenters. The number of hydrogen-bond acceptors (Lipinski definition) is 2. The molecule has 0 saturated heterocycles. The van der Waals surface area contributed by atoms with Crippen molar-refractivity contribution in [2.75, 3.05) is 11.9 Å². The van der Waals surface area contributed by atoms with Gasteiger partial charge in [-0.1, -0.05) is 25.4 Å². The first-order chi connectivity index (χ1) is 7.60. The number of rotatable bonds is 2. The highest BCUT2D eigenvalue weighted by Gasteiger charge is 2.33. The maximum atomic E-state index is 6.10. The summed E-state index contributed by atoms with van der Waals surface area (Å²) in [6.07, 6.45) is 1.97. The van der Waals surface area contributed by atoms with Gasteiger partial charge in [-0.05, 0) is 34.8 Å². The molecular formula is C12H15BrClNO. The van der Waals surface area contributed by atoms with Gasteiger partial charge in [-0.2, -0.15) is 0 Å². The lowest BCUT2D eigenvalue weighted by atomic mass is 9.95. The quantitative estimate of drug-likeness (QED) is 0.870. The van der Waals surface area contributed by atoms with E-state index in [0.29, 0.717) is 5.02 Å². The third-order valence-corrected chi connectivity index (χ3v) is 4.06. The maximum Gasteiger partial charge on any atom is 0.145 e. The molecule has 0 amide bonds. The van der Waals surface area contributed by atoms with Crippen LogP contribution in [0.4, 0.5) is 5.69 Å². The Morgan fingerprint density at radius 3 is 2.75 bits per heavy atom. The summed E-state index contributed by atoms with van der Waals surface area (Å²) in [4.78, 5) is 0. The van der Waals surface area contributed by atoms with Gasteiger partial charge in [0.05, 0.1) is 12.2 Å². The molecule has 1 aromatic carbocycles. The Bertz CT molecular complexity index is 404. The van der Waals surface area contributed by atoms with Crippen molar-refractivity contribution in [3.63, 3.8) is 0 Å². The van der Waals surface area contributed by atoms with E-state index < -0.39 is 0 Å². The molecule has 1 aliphatic rings. The second-order valence-corrected chi connectivity index (χ2v) is 5.40. The van der Waals surface area contributed by atoms with Gasteiger partial charge in [0.25, 0.3) is 0 Å². The highest BCUT2D eigenvalue weighted by molar-refractivity contribution is 9.10. The molecule has 2 nitrogen and oxygen atoms in total. The predicted octanol–water partition coefficient (Wildman–Crippen LogP) is 4.47. The second kappa shape index (κ2) is 4.46. The summed E-state index contributed by atoms with van der Waals surface area (Å²) in [5, 5.41) is 4.11. The van der Waals surface area contributed by atoms with Crippen molar-refractivity contribution in [2.45, 2.75) is 32.3 Å². The minimum atomic E-state index is -0.100. The lowest BCUT2D eigenvalue weighted by Gasteiger charge is -2.38. The van der Waals surface area contributed by atoms with Crippen LogP contribution in [0.25, 0.3) is 0 Å². The van der Waals surface area contributed by atoms with Crippen LogP contribution >= 0.6 is 27.5 Å². The van der Waals surface area contributed by atoms with E-state index in [1.807, 2.05) is 12.1 Å². The minimum absolute atomic E-state index is 0.100. The zero-order valence-corrected chi connectivity index (χ0v) is 11.8. The van der Waals surface area contributed by atoms with E-state index in [2.05, 4.69) is 35.1 Å². The van der Waals surface area contributed by atoms with Crippen molar-refractivity contribution in [3.05, 3.63) is 21.6 Å². The number of nitrogens with one attached hydrogen (secondary N) is 1. The lowest BCUT2D eigenvalue weighted by Crippen LogP contribution is -2.44. The topological polar surface area (TPSA) is 21.3 Å². The zero-order chi connectivity index (χ0) is 11.8. The van der Waals surface area contributed by atoms with E-state index in [9.17, 15) is 0 Å². The Hall–Kier alpha value is -0.410. The van der Waals surface area contributed by atoms with Gasteiger partial charge in [-0.3, -0.25) is 0 Å². The molecule has 2 rings (SSSR count). The third kappa shape index (κ3) is 2.03. The maximum absolute atomic E-state index is 6.10. The van der Waals surface area contributed by atoms with Crippen LogP contribution in [0.1, 0.15) is 26.7 Å². The SMILES string of the molecule is CCC1(CC)CNc2c(Br)cc(Cl)cc2O1. The van der Waals surface area contributed by atoms with Crippen LogP contribution in [0.15, 0.2) is 16.6 Å². The van der Waals surface area contributed by atoms with Crippen molar-refractivity contribution in [2.24, 2.45) is 0 Å². The van der Waals surface area contributed by atoms with Gasteiger partial charge in [0, 0.05) is 15.6 Å². The summed E-state index contributed by atoms with van der Waals surface area (Å²) >= 11 is 9.51. The Morgan fingerprint density at radius 1 is 1.44 bits per heavy atom. The molecule has 0 aromatic heterocycles. The van der Waals surface area contributed by atoms with E-state index >= 15 is 0 Å². The fourth-order valence-corrected chi connectivity index (χ4v) is 2.89. The number of fused-ring (bicyclic) bond motifs is 1. The first-order valence-corrected chi connectivity index (χ1v) is 6.69. The standard InChI is InChI=1S/C12H15BrClNO/c1-3-12(4-2)7-15-11-9(13)5-8(14)6-10(11)16-12/h5-6,15H,3-4,7H2,1-2H3. The smallest absolute Gasteiger partial charge is 0.145 e. The lowest BCUT2D eigenvalue weighted by molar-refractivity contribution is 0.0669. The van der Waals surface area contributed by atoms with Crippen LogP contribution in [0.5, 0.6) is 5.75 Å². The summed E-state index contributed by atoms with van der Waals surface area (Å²) in [5.74, 6) is 0.842. The summed E-state index contributed by atoms with van der Waals surface area (Å²) in [6, 6.07) is 3.75. The average molecular weight is 305 g/mol. The first kappa shape index (κ1) is 12.1. The molecule has 1 aromatic rings. The van der Waals surface area contributed by atoms with Gasteiger partial charge in [-0.15, -0.1) is 0 Å². The molecule has 0 atom stereocenters. The van der Waals surface area contributed by atoms with Gasteiger partial charge in [-0.25, -0.2) is 0 Å². The molecule has 1 aliphatic heterocycles. The van der Waals surface area contributed by atoms with E-state index in [1.165, 1.54) is 0 Å². The molecule has 0 radical (unpaired) electrons. The molecule has 16 heavy (non-hydrogen) atoms. The van der Waals surface area contributed by atoms with Crippen molar-refractivity contribution in [1.29, 1.82) is 0 Å². The van der Waals surface area contributed by atoms with E-state index in [0.717, 1.165) is 35.3 Å². The van der Waals surface area contributed by atoms with Gasteiger partial charge in [0.2, 0.25) is 0 Å². The van der Waals surface area contributed by atoms with Crippen LogP contribution in [-0.4, -0.2) is 12.1 Å². The Balaban J connectivity index is 2.40. The number of hydrogen-bond donors (Lipinski definition) is 1. The Labute approximate surface area is 109 Å². The van der Waals surface area contributed by atoms with Crippen LogP contribution < -0.4 is 10.1 Å². The number of halogens is 2. The molecular weight excluding hydrogens is 289 g/mol. The van der Waals surface area contributed by atoms with Crippen LogP contribution in [0.3, 0.4) is 0 Å². The second-order valence-electron chi connectivity index (χ2n) is 4.11. The van der Waals surface area contributed by atoms with Crippen molar-refractivity contribution in [3.8, 4) is 5.75 Å². The van der Waals surface area contributed by atoms with E-state index in [-0.39, 0.29) is 5.60 Å². The largest absolute Gasteiger partial charge is 0.483 e. The predicted molar refractivity (Wildman–Crippen MR) is 71.6 cm³/mol. The van der Waals surface area contributed by atoms with Crippen LogP contribution in [0.2, 0.25) is 5.02 Å². The highest BCUT2D eigenvalue weighted by atomic mass is 79.9. The van der Waals surface area contributed by atoms with Gasteiger partial charge < -0.3 is 10.1 Å². The van der Waals surface area contributed by atoms with Gasteiger partial charge >= 0.3 is 0 Å². The van der Waals surface area contributed by atoms with Gasteiger partial charge in [0.1, 0.15) is 11.4 Å². The van der Waals surface area contributed by atoms with Crippen molar-refractivity contribution in [1.82, 2.24) is 0 Å². The molecule has 0 bridgehead atoms. The van der Waals surface area contributed by atoms with E-state index in [1.54, 1.807) is 0 Å². The number of benzene rings is 1. The summed E-state index contributed by atoms with van der Waals surface area (Å²) < 4.78 is 7.06. The highest BCUT2D eigenvalue weighted by Crippen LogP contribution is 2.42. The zero-order valence-electron chi connectivity index (χ0n) is 9.44. The molecule has 0 fully saturated rings. The van der Waals surface area contributed by atoms with Crippen molar-refractivity contribution < 1.29 is 4.74 Å². The molecule has 1 heterocycles. The average Bonchev–Trinajstić information content (AvgIpc) is 2.27. The fourth-order valence-electron chi connectivity index (χ4n) is 1.97. The molecule has 0 spiro atoms. The van der Waals surface area contributed by atoms with E-state index in [4.69, 9.17) is 16.3 Å². The first-order valence-electron chi connectivity index (χ1n) is 5.52. The fraction of sp³-hybridized carbons (Fsp3) is 0.500. The minimum Gasteiger partial charge on any atom is -0.483 e. The van der Waals surface area contributed by atoms with Crippen molar-refractivity contribution >= 4 is 33.2 Å². The molecule has 88 valence electrons. The number of ether oxygens (including phenoxy) is 1. The van der Waals surface area contributed by atoms with Gasteiger partial charge in [0.15, 0.2) is 0 Å². The summed E-state index contributed by atoms with van der Waals surface area (Å²) in [5.41, 5.74) is 0.902. The molecule has 1 N–H and O–H groups in total. The molecule has 0 saturated carbocycles. The summed E-state index contributed by atoms with van der Waals surface area (Å²) in [6.45, 7) is 5.14. The molecule has 4 heteroatoms. The van der Waals surface area contributed by atoms with Crippen LogP contribution in [-0.2, 0) is 0 Å². The Kier molecular flexibility index (Phi) is 3.36. The van der Waals surface area contributed by atoms with Crippen LogP contribution in [0, 0.1) is 0 Å². The number of anilines is 1.